The lowest BCUT2D eigenvalue weighted by Gasteiger charge is -2.33. The van der Waals surface area contributed by atoms with Crippen molar-refractivity contribution in [1.82, 2.24) is 19.3 Å². The molecule has 1 aliphatic rings. The molecule has 1 amide bonds. The summed E-state index contributed by atoms with van der Waals surface area (Å²) in [6, 6.07) is 6.09. The van der Waals surface area contributed by atoms with Crippen LogP contribution in [-0.4, -0.2) is 43.8 Å². The zero-order chi connectivity index (χ0) is 21.5. The van der Waals surface area contributed by atoms with E-state index in [4.69, 9.17) is 4.98 Å². The van der Waals surface area contributed by atoms with Crippen LogP contribution in [-0.2, 0) is 11.2 Å². The van der Waals surface area contributed by atoms with Gasteiger partial charge in [-0.05, 0) is 59.6 Å². The fourth-order valence-electron chi connectivity index (χ4n) is 4.19. The third-order valence-electron chi connectivity index (χ3n) is 5.52. The number of imidazole rings is 1. The van der Waals surface area contributed by atoms with Crippen LogP contribution >= 0.6 is 11.3 Å². The molecule has 1 aliphatic heterocycles. The number of hydrogen-bond acceptors (Lipinski definition) is 5. The number of carbonyl (C=O) groups is 1. The minimum Gasteiger partial charge on any atom is -0.365 e. The number of amides is 1. The molecule has 4 rings (SSSR count). The molecular formula is C23H31N5OS. The maximum Gasteiger partial charge on any atom is 0.227 e. The van der Waals surface area contributed by atoms with Gasteiger partial charge < -0.3 is 10.2 Å². The first-order valence-corrected chi connectivity index (χ1v) is 11.5. The average Bonchev–Trinajstić information content (AvgIpc) is 3.20. The van der Waals surface area contributed by atoms with Crippen LogP contribution < -0.4 is 5.32 Å². The monoisotopic (exact) mass is 425 g/mol. The van der Waals surface area contributed by atoms with Gasteiger partial charge in [-0.1, -0.05) is 6.07 Å². The van der Waals surface area contributed by atoms with Crippen molar-refractivity contribution in [2.75, 3.05) is 18.4 Å². The van der Waals surface area contributed by atoms with Crippen LogP contribution in [0.15, 0.2) is 24.4 Å². The Balaban J connectivity index is 1.58. The van der Waals surface area contributed by atoms with Crippen LogP contribution in [0.25, 0.3) is 5.65 Å². The summed E-state index contributed by atoms with van der Waals surface area (Å²) in [6.45, 7) is 12.0. The van der Waals surface area contributed by atoms with E-state index in [9.17, 15) is 4.79 Å². The Kier molecular flexibility index (Phi) is 5.57. The van der Waals surface area contributed by atoms with Gasteiger partial charge in [-0.15, -0.1) is 11.3 Å². The summed E-state index contributed by atoms with van der Waals surface area (Å²) >= 11 is 1.63. The molecule has 0 spiro atoms. The Labute approximate surface area is 182 Å². The van der Waals surface area contributed by atoms with Gasteiger partial charge in [-0.3, -0.25) is 9.20 Å². The zero-order valence-corrected chi connectivity index (χ0v) is 19.3. The first-order chi connectivity index (χ1) is 14.2. The van der Waals surface area contributed by atoms with Crippen molar-refractivity contribution in [3.05, 3.63) is 45.7 Å². The Morgan fingerprint density at radius 2 is 2.07 bits per heavy atom. The van der Waals surface area contributed by atoms with E-state index in [-0.39, 0.29) is 17.4 Å². The zero-order valence-electron chi connectivity index (χ0n) is 18.5. The van der Waals surface area contributed by atoms with Crippen molar-refractivity contribution >= 4 is 28.7 Å². The van der Waals surface area contributed by atoms with Gasteiger partial charge in [0.1, 0.15) is 11.5 Å². The number of nitrogens with zero attached hydrogens (tertiary/aromatic N) is 4. The van der Waals surface area contributed by atoms with Crippen LogP contribution in [0.1, 0.15) is 60.8 Å². The quantitative estimate of drug-likeness (QED) is 0.665. The van der Waals surface area contributed by atoms with Gasteiger partial charge >= 0.3 is 0 Å². The number of likely N-dealkylation sites (tertiary alicyclic amines) is 1. The van der Waals surface area contributed by atoms with Crippen LogP contribution in [0, 0.1) is 13.8 Å². The van der Waals surface area contributed by atoms with Gasteiger partial charge in [0.15, 0.2) is 0 Å². The highest BCUT2D eigenvalue weighted by molar-refractivity contribution is 7.11. The highest BCUT2D eigenvalue weighted by atomic mass is 32.1. The minimum absolute atomic E-state index is 0.0771. The molecular weight excluding hydrogens is 394 g/mol. The van der Waals surface area contributed by atoms with Crippen molar-refractivity contribution < 1.29 is 4.79 Å². The molecule has 160 valence electrons. The number of anilines is 1. The normalized spacial score (nSPS) is 17.5. The molecule has 1 saturated heterocycles. The first-order valence-electron chi connectivity index (χ1n) is 10.7. The van der Waals surface area contributed by atoms with E-state index >= 15 is 0 Å². The summed E-state index contributed by atoms with van der Waals surface area (Å²) in [5.41, 5.74) is 2.92. The minimum atomic E-state index is -0.0771. The van der Waals surface area contributed by atoms with E-state index in [0.29, 0.717) is 6.42 Å². The van der Waals surface area contributed by atoms with Gasteiger partial charge in [0.25, 0.3) is 0 Å². The smallest absolute Gasteiger partial charge is 0.227 e. The van der Waals surface area contributed by atoms with Gasteiger partial charge in [0, 0.05) is 35.6 Å². The van der Waals surface area contributed by atoms with E-state index < -0.39 is 0 Å². The Bertz CT molecular complexity index is 1060. The van der Waals surface area contributed by atoms with E-state index in [2.05, 4.69) is 41.7 Å². The number of thiazole rings is 1. The predicted molar refractivity (Wildman–Crippen MR) is 122 cm³/mol. The maximum atomic E-state index is 13.1. The second-order valence-corrected chi connectivity index (χ2v) is 10.5. The van der Waals surface area contributed by atoms with E-state index in [1.54, 1.807) is 11.3 Å². The highest BCUT2D eigenvalue weighted by Gasteiger charge is 2.30. The number of hydrogen-bond donors (Lipinski definition) is 1. The topological polar surface area (TPSA) is 62.5 Å². The lowest BCUT2D eigenvalue weighted by atomic mass is 9.94. The third kappa shape index (κ3) is 4.36. The van der Waals surface area contributed by atoms with Crippen LogP contribution in [0.4, 0.5) is 5.82 Å². The number of rotatable bonds is 4. The maximum absolute atomic E-state index is 13.1. The summed E-state index contributed by atoms with van der Waals surface area (Å²) in [5, 5.41) is 4.68. The van der Waals surface area contributed by atoms with E-state index in [0.717, 1.165) is 58.7 Å². The standard InChI is InChI=1S/C23H31N5OS/c1-15-18(30-16(2)24-15)13-20(29)27-11-8-9-17(14-27)21-22(26-23(3,4)5)28-12-7-6-10-19(28)25-21/h6-7,10,12,17,26H,8-9,11,13-14H2,1-5H3/t17-/m0/s1. The summed E-state index contributed by atoms with van der Waals surface area (Å²) in [7, 11) is 0. The molecule has 6 nitrogen and oxygen atoms in total. The summed E-state index contributed by atoms with van der Waals surface area (Å²) in [4.78, 5) is 25.6. The van der Waals surface area contributed by atoms with Gasteiger partial charge in [-0.2, -0.15) is 0 Å². The van der Waals surface area contributed by atoms with E-state index in [1.807, 2.05) is 36.9 Å². The fraction of sp³-hybridized carbons (Fsp3) is 0.522. The molecule has 30 heavy (non-hydrogen) atoms. The number of piperidine rings is 1. The fourth-order valence-corrected chi connectivity index (χ4v) is 5.12. The Morgan fingerprint density at radius 3 is 2.77 bits per heavy atom. The third-order valence-corrected chi connectivity index (χ3v) is 6.60. The summed E-state index contributed by atoms with van der Waals surface area (Å²) in [5.74, 6) is 1.48. The van der Waals surface area contributed by atoms with Gasteiger partial charge in [-0.25, -0.2) is 9.97 Å². The SMILES string of the molecule is Cc1nc(C)c(CC(=O)N2CCC[C@H](c3nc4ccccn4c3NC(C)(C)C)C2)s1. The summed E-state index contributed by atoms with van der Waals surface area (Å²) < 4.78 is 2.13. The number of aryl methyl sites for hydroxylation is 2. The Morgan fingerprint density at radius 1 is 1.27 bits per heavy atom. The number of pyridine rings is 1. The van der Waals surface area contributed by atoms with Crippen molar-refractivity contribution in [2.24, 2.45) is 0 Å². The van der Waals surface area contributed by atoms with Crippen molar-refractivity contribution in [3.8, 4) is 0 Å². The molecule has 1 fully saturated rings. The lowest BCUT2D eigenvalue weighted by molar-refractivity contribution is -0.131. The number of aromatic nitrogens is 3. The second kappa shape index (κ2) is 8.02. The van der Waals surface area contributed by atoms with Crippen molar-refractivity contribution in [1.29, 1.82) is 0 Å². The predicted octanol–water partition coefficient (Wildman–Crippen LogP) is 4.57. The second-order valence-electron chi connectivity index (χ2n) is 9.25. The summed E-state index contributed by atoms with van der Waals surface area (Å²) in [6.07, 6.45) is 4.55. The van der Waals surface area contributed by atoms with Crippen molar-refractivity contribution in [2.45, 2.75) is 65.3 Å². The largest absolute Gasteiger partial charge is 0.365 e. The Hall–Kier alpha value is -2.41. The highest BCUT2D eigenvalue weighted by Crippen LogP contribution is 2.34. The number of fused-ring (bicyclic) bond motifs is 1. The molecule has 0 saturated carbocycles. The molecule has 0 radical (unpaired) electrons. The molecule has 7 heteroatoms. The number of nitrogens with one attached hydrogen (secondary N) is 1. The first kappa shape index (κ1) is 20.8. The molecule has 0 aliphatic carbocycles. The van der Waals surface area contributed by atoms with Gasteiger partial charge in [0.2, 0.25) is 5.91 Å². The van der Waals surface area contributed by atoms with Crippen LogP contribution in [0.2, 0.25) is 0 Å². The number of carbonyl (C=O) groups excluding carboxylic acids is 1. The molecule has 4 heterocycles. The van der Waals surface area contributed by atoms with Gasteiger partial charge in [0.05, 0.1) is 22.8 Å². The molecule has 3 aromatic rings. The average molecular weight is 426 g/mol. The van der Waals surface area contributed by atoms with Crippen molar-refractivity contribution in [3.63, 3.8) is 0 Å². The molecule has 0 unspecified atom stereocenters. The van der Waals surface area contributed by atoms with E-state index in [1.165, 1.54) is 0 Å². The molecule has 1 atom stereocenters. The van der Waals surface area contributed by atoms with Crippen LogP contribution in [0.5, 0.6) is 0 Å². The lowest BCUT2D eigenvalue weighted by Crippen LogP contribution is -2.40. The van der Waals surface area contributed by atoms with Crippen LogP contribution in [0.3, 0.4) is 0 Å². The molecule has 0 bridgehead atoms. The molecule has 1 N–H and O–H groups in total. The molecule has 0 aromatic carbocycles. The molecule has 3 aromatic heterocycles.